The molecular weight excluding hydrogens is 402 g/mol. The van der Waals surface area contributed by atoms with Gasteiger partial charge in [0.2, 0.25) is 5.16 Å². The zero-order valence-electron chi connectivity index (χ0n) is 15.8. The first-order valence-electron chi connectivity index (χ1n) is 9.10. The Morgan fingerprint density at radius 2 is 1.77 bits per heavy atom. The van der Waals surface area contributed by atoms with Gasteiger partial charge in [0.05, 0.1) is 12.0 Å². The fraction of sp³-hybridized carbons (Fsp3) is 0.0952. The summed E-state index contributed by atoms with van der Waals surface area (Å²) < 4.78 is 6.88. The third-order valence-corrected chi connectivity index (χ3v) is 5.17. The number of carbonyl (C=O) groups is 2. The molecule has 0 saturated carbocycles. The summed E-state index contributed by atoms with van der Waals surface area (Å²) in [6.07, 6.45) is 1.59. The van der Waals surface area contributed by atoms with E-state index in [1.807, 2.05) is 12.1 Å². The van der Waals surface area contributed by atoms with Crippen LogP contribution in [0.5, 0.6) is 0 Å². The molecule has 0 aliphatic heterocycles. The van der Waals surface area contributed by atoms with Crippen LogP contribution in [-0.2, 0) is 6.54 Å². The third-order valence-electron chi connectivity index (χ3n) is 4.22. The van der Waals surface area contributed by atoms with E-state index in [4.69, 9.17) is 4.42 Å². The van der Waals surface area contributed by atoms with Crippen LogP contribution in [0.15, 0.2) is 82.6 Å². The summed E-state index contributed by atoms with van der Waals surface area (Å²) in [5, 5.41) is 14.9. The van der Waals surface area contributed by atoms with E-state index in [1.54, 1.807) is 65.5 Å². The van der Waals surface area contributed by atoms with Gasteiger partial charge in [0, 0.05) is 16.8 Å². The van der Waals surface area contributed by atoms with Gasteiger partial charge in [-0.3, -0.25) is 9.59 Å². The minimum Gasteiger partial charge on any atom is -0.467 e. The largest absolute Gasteiger partial charge is 0.467 e. The summed E-state index contributed by atoms with van der Waals surface area (Å²) in [6.45, 7) is 0.395. The van der Waals surface area contributed by atoms with Crippen molar-refractivity contribution in [2.24, 2.45) is 0 Å². The molecule has 0 bridgehead atoms. The molecule has 4 rings (SSSR count). The Balaban J connectivity index is 1.33. The lowest BCUT2D eigenvalue weighted by atomic mass is 10.1. The van der Waals surface area contributed by atoms with Crippen molar-refractivity contribution in [3.63, 3.8) is 0 Å². The lowest BCUT2D eigenvalue weighted by molar-refractivity contribution is 0.101. The average Bonchev–Trinajstić information content (AvgIpc) is 3.45. The third kappa shape index (κ3) is 4.81. The van der Waals surface area contributed by atoms with Crippen molar-refractivity contribution < 1.29 is 14.0 Å². The molecule has 0 radical (unpaired) electrons. The number of thioether (sulfide) groups is 1. The number of tetrazole rings is 1. The Kier molecular flexibility index (Phi) is 6.00. The zero-order valence-corrected chi connectivity index (χ0v) is 16.6. The molecule has 0 saturated heterocycles. The summed E-state index contributed by atoms with van der Waals surface area (Å²) >= 11 is 1.26. The van der Waals surface area contributed by atoms with Gasteiger partial charge in [-0.1, -0.05) is 30.0 Å². The Labute approximate surface area is 176 Å². The molecule has 1 N–H and O–H groups in total. The molecule has 0 spiro atoms. The minimum absolute atomic E-state index is 0.0616. The van der Waals surface area contributed by atoms with Crippen molar-refractivity contribution in [1.82, 2.24) is 20.2 Å². The highest BCUT2D eigenvalue weighted by Gasteiger charge is 2.13. The van der Waals surface area contributed by atoms with E-state index in [-0.39, 0.29) is 17.4 Å². The van der Waals surface area contributed by atoms with E-state index in [0.717, 1.165) is 5.76 Å². The van der Waals surface area contributed by atoms with Gasteiger partial charge >= 0.3 is 0 Å². The smallest absolute Gasteiger partial charge is 0.255 e. The molecule has 2 aromatic carbocycles. The van der Waals surface area contributed by atoms with E-state index in [2.05, 4.69) is 20.8 Å². The number of hydrogen-bond donors (Lipinski definition) is 1. The normalized spacial score (nSPS) is 10.7. The number of carbonyl (C=O) groups excluding carboxylic acids is 2. The maximum absolute atomic E-state index is 12.5. The van der Waals surface area contributed by atoms with Crippen LogP contribution in [0.1, 0.15) is 26.5 Å². The fourth-order valence-electron chi connectivity index (χ4n) is 2.69. The van der Waals surface area contributed by atoms with Crippen LogP contribution in [0.4, 0.5) is 5.69 Å². The van der Waals surface area contributed by atoms with Gasteiger partial charge in [0.15, 0.2) is 5.78 Å². The highest BCUT2D eigenvalue weighted by atomic mass is 32.2. The van der Waals surface area contributed by atoms with E-state index in [1.165, 1.54) is 11.8 Å². The van der Waals surface area contributed by atoms with E-state index in [9.17, 15) is 9.59 Å². The lowest BCUT2D eigenvalue weighted by Crippen LogP contribution is -2.12. The lowest BCUT2D eigenvalue weighted by Gasteiger charge is -2.06. The highest BCUT2D eigenvalue weighted by molar-refractivity contribution is 7.99. The van der Waals surface area contributed by atoms with Gasteiger partial charge in [0.1, 0.15) is 12.3 Å². The van der Waals surface area contributed by atoms with Crippen molar-refractivity contribution in [2.75, 3.05) is 11.1 Å². The van der Waals surface area contributed by atoms with Crippen LogP contribution in [0.25, 0.3) is 0 Å². The van der Waals surface area contributed by atoms with Gasteiger partial charge in [-0.2, -0.15) is 0 Å². The van der Waals surface area contributed by atoms with Crippen LogP contribution in [0.2, 0.25) is 0 Å². The number of amides is 1. The van der Waals surface area contributed by atoms with Crippen LogP contribution in [0, 0.1) is 0 Å². The molecule has 8 nitrogen and oxygen atoms in total. The Hall–Kier alpha value is -3.72. The second kappa shape index (κ2) is 9.19. The van der Waals surface area contributed by atoms with Crippen LogP contribution < -0.4 is 5.32 Å². The van der Waals surface area contributed by atoms with Gasteiger partial charge in [-0.05, 0) is 59.0 Å². The molecule has 150 valence electrons. The Morgan fingerprint density at radius 1 is 0.967 bits per heavy atom. The number of anilines is 1. The SMILES string of the molecule is O=C(CSc1nnnn1Cc1ccco1)c1ccc(NC(=O)c2ccccc2)cc1. The summed E-state index contributed by atoms with van der Waals surface area (Å²) in [6, 6.07) is 19.4. The fourth-order valence-corrected chi connectivity index (χ4v) is 3.47. The minimum atomic E-state index is -0.200. The average molecular weight is 419 g/mol. The van der Waals surface area contributed by atoms with Crippen molar-refractivity contribution in [3.05, 3.63) is 89.9 Å². The van der Waals surface area contributed by atoms with Gasteiger partial charge in [-0.15, -0.1) is 5.10 Å². The topological polar surface area (TPSA) is 103 Å². The summed E-state index contributed by atoms with van der Waals surface area (Å²) in [5.41, 5.74) is 1.74. The van der Waals surface area contributed by atoms with Gasteiger partial charge < -0.3 is 9.73 Å². The number of benzene rings is 2. The summed E-state index contributed by atoms with van der Waals surface area (Å²) in [5.74, 6) is 0.652. The molecule has 0 aliphatic carbocycles. The molecule has 1 amide bonds. The molecule has 0 aliphatic rings. The molecule has 4 aromatic rings. The molecule has 0 unspecified atom stereocenters. The zero-order chi connectivity index (χ0) is 20.8. The first-order valence-corrected chi connectivity index (χ1v) is 10.1. The molecule has 2 aromatic heterocycles. The number of rotatable bonds is 8. The summed E-state index contributed by atoms with van der Waals surface area (Å²) in [4.78, 5) is 24.7. The number of aromatic nitrogens is 4. The number of nitrogens with one attached hydrogen (secondary N) is 1. The second-order valence-corrected chi connectivity index (χ2v) is 7.25. The molecule has 0 fully saturated rings. The standard InChI is InChI=1S/C21H17N5O3S/c27-19(14-30-21-23-24-25-26(21)13-18-7-4-12-29-18)15-8-10-17(11-9-15)22-20(28)16-5-2-1-3-6-16/h1-12H,13-14H2,(H,22,28). The first-order chi connectivity index (χ1) is 14.7. The number of furan rings is 1. The monoisotopic (exact) mass is 419 g/mol. The number of hydrogen-bond acceptors (Lipinski definition) is 7. The summed E-state index contributed by atoms with van der Waals surface area (Å²) in [7, 11) is 0. The van der Waals surface area contributed by atoms with Crippen molar-refractivity contribution in [1.29, 1.82) is 0 Å². The van der Waals surface area contributed by atoms with Crippen LogP contribution in [0.3, 0.4) is 0 Å². The maximum atomic E-state index is 12.5. The predicted molar refractivity (Wildman–Crippen MR) is 112 cm³/mol. The second-order valence-electron chi connectivity index (χ2n) is 6.31. The van der Waals surface area contributed by atoms with Crippen molar-refractivity contribution >= 4 is 29.1 Å². The van der Waals surface area contributed by atoms with E-state index >= 15 is 0 Å². The number of nitrogens with zero attached hydrogens (tertiary/aromatic N) is 4. The van der Waals surface area contributed by atoms with Crippen molar-refractivity contribution in [2.45, 2.75) is 11.7 Å². The first kappa shape index (κ1) is 19.6. The van der Waals surface area contributed by atoms with Crippen LogP contribution in [-0.4, -0.2) is 37.7 Å². The quantitative estimate of drug-likeness (QED) is 0.344. The maximum Gasteiger partial charge on any atom is 0.255 e. The van der Waals surface area contributed by atoms with E-state index < -0.39 is 0 Å². The Bertz CT molecular complexity index is 1130. The molecule has 2 heterocycles. The number of Topliss-reactive ketones (excluding diaryl/α,β-unsaturated/α-hetero) is 1. The highest BCUT2D eigenvalue weighted by Crippen LogP contribution is 2.18. The van der Waals surface area contributed by atoms with E-state index in [0.29, 0.717) is 28.5 Å². The van der Waals surface area contributed by atoms with Crippen LogP contribution >= 0.6 is 11.8 Å². The number of ketones is 1. The molecule has 30 heavy (non-hydrogen) atoms. The Morgan fingerprint density at radius 3 is 2.50 bits per heavy atom. The molecule has 0 atom stereocenters. The molecule has 9 heteroatoms. The molecular formula is C21H17N5O3S. The van der Waals surface area contributed by atoms with Gasteiger partial charge in [-0.25, -0.2) is 4.68 Å². The van der Waals surface area contributed by atoms with Gasteiger partial charge in [0.25, 0.3) is 5.91 Å². The van der Waals surface area contributed by atoms with Crippen molar-refractivity contribution in [3.8, 4) is 0 Å². The predicted octanol–water partition coefficient (Wildman–Crippen LogP) is 3.54.